The van der Waals surface area contributed by atoms with E-state index in [9.17, 15) is 9.59 Å². The summed E-state index contributed by atoms with van der Waals surface area (Å²) in [5.41, 5.74) is 11.1. The predicted octanol–water partition coefficient (Wildman–Crippen LogP) is 4.54. The normalized spacial score (nSPS) is 11.2. The molecule has 0 aliphatic heterocycles. The molecule has 1 amide bonds. The number of carbonyl (C=O) groups is 2. The van der Waals surface area contributed by atoms with Crippen LogP contribution in [0.25, 0.3) is 21.9 Å². The fourth-order valence-electron chi connectivity index (χ4n) is 4.20. The van der Waals surface area contributed by atoms with Crippen molar-refractivity contribution < 1.29 is 9.59 Å². The van der Waals surface area contributed by atoms with Gasteiger partial charge in [-0.3, -0.25) is 4.79 Å². The summed E-state index contributed by atoms with van der Waals surface area (Å²) in [5.74, 6) is 1.36. The number of hydrogen-bond acceptors (Lipinski definition) is 5. The lowest BCUT2D eigenvalue weighted by Gasteiger charge is -2.12. The summed E-state index contributed by atoms with van der Waals surface area (Å²) in [7, 11) is 0. The van der Waals surface area contributed by atoms with Crippen molar-refractivity contribution in [1.82, 2.24) is 19.9 Å². The number of carbonyl (C=O) groups excluding carboxylic acids is 2. The van der Waals surface area contributed by atoms with Gasteiger partial charge in [0, 0.05) is 37.7 Å². The Labute approximate surface area is 199 Å². The number of fused-ring (bicyclic) bond motifs is 3. The average molecular weight is 458 g/mol. The summed E-state index contributed by atoms with van der Waals surface area (Å²) in [6.45, 7) is 4.75. The van der Waals surface area contributed by atoms with Crippen molar-refractivity contribution in [3.8, 4) is 0 Å². The Balaban J connectivity index is 1.65. The number of pyridine rings is 1. The zero-order valence-electron chi connectivity index (χ0n) is 19.8. The predicted molar refractivity (Wildman–Crippen MR) is 135 cm³/mol. The van der Waals surface area contributed by atoms with E-state index in [1.165, 1.54) is 6.92 Å². The molecule has 0 saturated carbocycles. The number of unbranched alkanes of at least 4 members (excludes halogenated alkanes) is 1. The van der Waals surface area contributed by atoms with E-state index >= 15 is 0 Å². The van der Waals surface area contributed by atoms with Crippen molar-refractivity contribution in [1.29, 1.82) is 0 Å². The molecule has 7 nitrogen and oxygen atoms in total. The number of para-hydroxylation sites is 1. The van der Waals surface area contributed by atoms with Crippen LogP contribution < -0.4 is 11.1 Å². The summed E-state index contributed by atoms with van der Waals surface area (Å²) in [6, 6.07) is 16.2. The number of rotatable bonds is 10. The number of nitrogens with zero attached hydrogens (tertiary/aromatic N) is 3. The molecule has 0 unspecified atom stereocenters. The summed E-state index contributed by atoms with van der Waals surface area (Å²) >= 11 is 0. The van der Waals surface area contributed by atoms with Crippen LogP contribution in [0.3, 0.4) is 0 Å². The van der Waals surface area contributed by atoms with Gasteiger partial charge in [-0.1, -0.05) is 55.8 Å². The molecule has 0 aliphatic rings. The molecule has 4 rings (SSSR count). The highest BCUT2D eigenvalue weighted by Gasteiger charge is 2.17. The number of nitrogens with two attached hydrogens (primary N) is 1. The molecule has 3 N–H and O–H groups in total. The Morgan fingerprint density at radius 3 is 2.62 bits per heavy atom. The first-order chi connectivity index (χ1) is 16.5. The van der Waals surface area contributed by atoms with Gasteiger partial charge in [0.05, 0.1) is 11.0 Å². The van der Waals surface area contributed by atoms with E-state index in [-0.39, 0.29) is 24.5 Å². The molecule has 0 radical (unpaired) electrons. The van der Waals surface area contributed by atoms with Crippen LogP contribution >= 0.6 is 0 Å². The molecule has 4 aromatic rings. The van der Waals surface area contributed by atoms with Crippen molar-refractivity contribution in [3.63, 3.8) is 0 Å². The maximum Gasteiger partial charge on any atom is 0.220 e. The number of amides is 1. The number of nitrogens with one attached hydrogen (secondary N) is 1. The summed E-state index contributed by atoms with van der Waals surface area (Å²) in [6.07, 6.45) is 3.48. The number of anilines is 1. The molecule has 0 saturated heterocycles. The summed E-state index contributed by atoms with van der Waals surface area (Å²) in [5, 5.41) is 3.94. The lowest BCUT2D eigenvalue weighted by Crippen LogP contribution is -2.23. The van der Waals surface area contributed by atoms with Gasteiger partial charge in [-0.05, 0) is 30.5 Å². The van der Waals surface area contributed by atoms with E-state index < -0.39 is 0 Å². The molecule has 176 valence electrons. The number of imidazole rings is 1. The minimum atomic E-state index is -0.113. The lowest BCUT2D eigenvalue weighted by molar-refractivity contribution is -0.124. The Bertz CT molecular complexity index is 1340. The minimum absolute atomic E-state index is 0.0203. The van der Waals surface area contributed by atoms with E-state index in [1.807, 2.05) is 30.3 Å². The van der Waals surface area contributed by atoms with Gasteiger partial charge < -0.3 is 20.4 Å². The quantitative estimate of drug-likeness (QED) is 0.364. The number of aromatic nitrogens is 3. The monoisotopic (exact) mass is 457 g/mol. The van der Waals surface area contributed by atoms with Crippen LogP contribution in [0.1, 0.15) is 56.5 Å². The van der Waals surface area contributed by atoms with Crippen LogP contribution in [0, 0.1) is 0 Å². The number of aryl methyl sites for hydroxylation is 1. The van der Waals surface area contributed by atoms with Gasteiger partial charge in [-0.25, -0.2) is 9.97 Å². The van der Waals surface area contributed by atoms with Gasteiger partial charge in [0.1, 0.15) is 17.1 Å². The van der Waals surface area contributed by atoms with E-state index in [2.05, 4.69) is 40.0 Å². The van der Waals surface area contributed by atoms with Gasteiger partial charge in [0.2, 0.25) is 5.91 Å². The lowest BCUT2D eigenvalue weighted by atomic mass is 10.1. The molecule has 0 spiro atoms. The van der Waals surface area contributed by atoms with Crippen molar-refractivity contribution in [2.45, 2.75) is 59.0 Å². The fraction of sp³-hybridized carbons (Fsp3) is 0.333. The topological polar surface area (TPSA) is 103 Å². The number of hydrogen-bond donors (Lipinski definition) is 2. The molecule has 0 aliphatic carbocycles. The highest BCUT2D eigenvalue weighted by atomic mass is 16.2. The SMILES string of the molecule is CCCCc1nc2c(N)nc3ccccc3c2n1Cc1cccc(CNC(=O)CCC(C)=O)c1. The zero-order chi connectivity index (χ0) is 24.1. The second-order valence-corrected chi connectivity index (χ2v) is 8.73. The molecule has 2 aromatic heterocycles. The van der Waals surface area contributed by atoms with E-state index in [1.54, 1.807) is 0 Å². The molecule has 34 heavy (non-hydrogen) atoms. The minimum Gasteiger partial charge on any atom is -0.382 e. The third kappa shape index (κ3) is 5.25. The molecule has 0 atom stereocenters. The zero-order valence-corrected chi connectivity index (χ0v) is 19.8. The standard InChI is InChI=1S/C27H31N5O2/c1-3-4-12-23-31-25-26(21-10-5-6-11-22(21)30-27(25)28)32(23)17-20-9-7-8-19(15-20)16-29-24(34)14-13-18(2)33/h5-11,15H,3-4,12-14,16-17H2,1-2H3,(H2,28,30)(H,29,34). The van der Waals surface area contributed by atoms with Crippen molar-refractivity contribution >= 4 is 39.4 Å². The third-order valence-corrected chi connectivity index (χ3v) is 5.97. The van der Waals surface area contributed by atoms with E-state index in [0.717, 1.165) is 58.2 Å². The van der Waals surface area contributed by atoms with Crippen molar-refractivity contribution in [2.24, 2.45) is 0 Å². The van der Waals surface area contributed by atoms with Crippen molar-refractivity contribution in [3.05, 3.63) is 65.5 Å². The van der Waals surface area contributed by atoms with E-state index in [0.29, 0.717) is 18.9 Å². The second-order valence-electron chi connectivity index (χ2n) is 8.73. The van der Waals surface area contributed by atoms with Crippen LogP contribution in [0.4, 0.5) is 5.82 Å². The molecule has 2 aromatic carbocycles. The smallest absolute Gasteiger partial charge is 0.220 e. The number of ketones is 1. The summed E-state index contributed by atoms with van der Waals surface area (Å²) in [4.78, 5) is 32.6. The molecule has 0 bridgehead atoms. The van der Waals surface area contributed by atoms with Gasteiger partial charge in [-0.15, -0.1) is 0 Å². The van der Waals surface area contributed by atoms with Gasteiger partial charge in [-0.2, -0.15) is 0 Å². The van der Waals surface area contributed by atoms with Gasteiger partial charge in [0.15, 0.2) is 5.82 Å². The van der Waals surface area contributed by atoms with Gasteiger partial charge in [0.25, 0.3) is 0 Å². The van der Waals surface area contributed by atoms with Crippen LogP contribution in [-0.4, -0.2) is 26.2 Å². The average Bonchev–Trinajstić information content (AvgIpc) is 3.19. The maximum atomic E-state index is 12.0. The highest BCUT2D eigenvalue weighted by Crippen LogP contribution is 2.30. The first-order valence-electron chi connectivity index (χ1n) is 11.8. The molecule has 2 heterocycles. The van der Waals surface area contributed by atoms with Crippen LogP contribution in [0.15, 0.2) is 48.5 Å². The van der Waals surface area contributed by atoms with Crippen molar-refractivity contribution in [2.75, 3.05) is 5.73 Å². The van der Waals surface area contributed by atoms with Crippen LogP contribution in [0.5, 0.6) is 0 Å². The highest BCUT2D eigenvalue weighted by molar-refractivity contribution is 6.06. The molecule has 7 heteroatoms. The maximum absolute atomic E-state index is 12.0. The Hall–Kier alpha value is -3.74. The fourth-order valence-corrected chi connectivity index (χ4v) is 4.20. The first kappa shape index (κ1) is 23.4. The van der Waals surface area contributed by atoms with Crippen LogP contribution in [-0.2, 0) is 29.1 Å². The summed E-state index contributed by atoms with van der Waals surface area (Å²) < 4.78 is 2.26. The number of Topliss-reactive ketones (excluding diaryl/α,β-unsaturated/α-hetero) is 1. The molecular weight excluding hydrogens is 426 g/mol. The Kier molecular flexibility index (Phi) is 7.21. The third-order valence-electron chi connectivity index (χ3n) is 5.97. The van der Waals surface area contributed by atoms with Crippen LogP contribution in [0.2, 0.25) is 0 Å². The van der Waals surface area contributed by atoms with Gasteiger partial charge >= 0.3 is 0 Å². The largest absolute Gasteiger partial charge is 0.382 e. The second kappa shape index (κ2) is 10.5. The molecule has 0 fully saturated rings. The molecular formula is C27H31N5O2. The Morgan fingerprint density at radius 2 is 1.82 bits per heavy atom. The first-order valence-corrected chi connectivity index (χ1v) is 11.8. The van der Waals surface area contributed by atoms with E-state index in [4.69, 9.17) is 10.7 Å². The Morgan fingerprint density at radius 1 is 1.03 bits per heavy atom. The number of benzene rings is 2. The number of nitrogen functional groups attached to an aromatic ring is 1.